The van der Waals surface area contributed by atoms with Crippen LogP contribution in [-0.4, -0.2) is 36.9 Å². The molecule has 0 amide bonds. The van der Waals surface area contributed by atoms with E-state index < -0.39 is 11.6 Å². The molecule has 1 aliphatic heterocycles. The highest BCUT2D eigenvalue weighted by molar-refractivity contribution is 5.87. The smallest absolute Gasteiger partial charge is 0.356 e. The lowest BCUT2D eigenvalue weighted by molar-refractivity contribution is -0.0934. The number of carbonyl (C=O) groups excluding carboxylic acids is 1. The summed E-state index contributed by atoms with van der Waals surface area (Å²) in [5.74, 6) is 4.61. The molecule has 88 valence electrons. The number of carbonyl (C=O) groups is 1. The first-order valence-electron chi connectivity index (χ1n) is 4.97. The van der Waals surface area contributed by atoms with E-state index in [-0.39, 0.29) is 18.9 Å². The Labute approximate surface area is 97.8 Å². The van der Waals surface area contributed by atoms with Gasteiger partial charge in [0.25, 0.3) is 0 Å². The molecule has 5 heteroatoms. The monoisotopic (exact) mass is 235 g/mol. The highest BCUT2D eigenvalue weighted by Crippen LogP contribution is 2.20. The molecule has 0 aliphatic carbocycles. The number of hydrogen-bond acceptors (Lipinski definition) is 4. The van der Waals surface area contributed by atoms with Crippen molar-refractivity contribution in [2.75, 3.05) is 20.3 Å². The van der Waals surface area contributed by atoms with Crippen molar-refractivity contribution in [3.05, 3.63) is 29.6 Å². The van der Waals surface area contributed by atoms with Gasteiger partial charge in [0.1, 0.15) is 5.69 Å². The minimum atomic E-state index is -1.54. The van der Waals surface area contributed by atoms with Crippen LogP contribution in [-0.2, 0) is 9.47 Å². The number of nitrogens with zero attached hydrogens (tertiary/aromatic N) is 1. The van der Waals surface area contributed by atoms with E-state index in [1.807, 2.05) is 0 Å². The van der Waals surface area contributed by atoms with E-state index in [0.717, 1.165) is 0 Å². The minimum absolute atomic E-state index is 0.00761. The highest BCUT2D eigenvalue weighted by Gasteiger charge is 2.36. The molecule has 17 heavy (non-hydrogen) atoms. The third-order valence-electron chi connectivity index (χ3n) is 2.25. The van der Waals surface area contributed by atoms with Crippen LogP contribution in [0.3, 0.4) is 0 Å². The van der Waals surface area contributed by atoms with E-state index in [9.17, 15) is 9.18 Å². The average molecular weight is 235 g/mol. The number of methoxy groups -OCH3 is 1. The standard InChI is InChI=1S/C12H10FNO3/c1-16-11(15)10-3-2-9(6-14-10)4-5-12(13)7-17-8-12/h2-3,6H,7-8H2,1H3. The van der Waals surface area contributed by atoms with Crippen molar-refractivity contribution in [1.82, 2.24) is 4.98 Å². The van der Waals surface area contributed by atoms with Crippen LogP contribution in [0, 0.1) is 11.8 Å². The summed E-state index contributed by atoms with van der Waals surface area (Å²) in [6.07, 6.45) is 1.40. The van der Waals surface area contributed by atoms with Gasteiger partial charge in [-0.25, -0.2) is 14.2 Å². The Hall–Kier alpha value is -1.93. The number of rotatable bonds is 1. The van der Waals surface area contributed by atoms with Gasteiger partial charge in [0.05, 0.1) is 20.3 Å². The van der Waals surface area contributed by atoms with Crippen molar-refractivity contribution in [2.24, 2.45) is 0 Å². The summed E-state index contributed by atoms with van der Waals surface area (Å²) in [4.78, 5) is 15.0. The summed E-state index contributed by atoms with van der Waals surface area (Å²) < 4.78 is 22.7. The van der Waals surface area contributed by atoms with Crippen LogP contribution < -0.4 is 0 Å². The molecular formula is C12H10FNO3. The van der Waals surface area contributed by atoms with Crippen molar-refractivity contribution in [3.8, 4) is 11.8 Å². The van der Waals surface area contributed by atoms with Crippen LogP contribution in [0.5, 0.6) is 0 Å². The number of aromatic nitrogens is 1. The van der Waals surface area contributed by atoms with Crippen LogP contribution in [0.2, 0.25) is 0 Å². The highest BCUT2D eigenvalue weighted by atomic mass is 19.1. The number of esters is 1. The Kier molecular flexibility index (Phi) is 3.07. The zero-order valence-corrected chi connectivity index (χ0v) is 9.20. The van der Waals surface area contributed by atoms with Crippen LogP contribution in [0.25, 0.3) is 0 Å². The van der Waals surface area contributed by atoms with Gasteiger partial charge in [0, 0.05) is 11.8 Å². The fourth-order valence-corrected chi connectivity index (χ4v) is 1.23. The molecule has 0 N–H and O–H groups in total. The third-order valence-corrected chi connectivity index (χ3v) is 2.25. The molecule has 0 atom stereocenters. The molecule has 2 heterocycles. The number of halogens is 1. The fourth-order valence-electron chi connectivity index (χ4n) is 1.23. The van der Waals surface area contributed by atoms with E-state index in [4.69, 9.17) is 4.74 Å². The summed E-state index contributed by atoms with van der Waals surface area (Å²) >= 11 is 0. The molecule has 1 aromatic heterocycles. The number of pyridine rings is 1. The number of hydrogen-bond donors (Lipinski definition) is 0. The van der Waals surface area contributed by atoms with Crippen molar-refractivity contribution >= 4 is 5.97 Å². The Morgan fingerprint density at radius 2 is 2.35 bits per heavy atom. The molecule has 1 aliphatic rings. The zero-order chi connectivity index (χ0) is 12.3. The Morgan fingerprint density at radius 3 is 2.82 bits per heavy atom. The van der Waals surface area contributed by atoms with E-state index >= 15 is 0 Å². The molecule has 2 rings (SSSR count). The normalized spacial score (nSPS) is 16.4. The van der Waals surface area contributed by atoms with Gasteiger partial charge in [-0.1, -0.05) is 11.8 Å². The van der Waals surface area contributed by atoms with Gasteiger partial charge in [-0.3, -0.25) is 0 Å². The van der Waals surface area contributed by atoms with Crippen LogP contribution in [0.4, 0.5) is 4.39 Å². The SMILES string of the molecule is COC(=O)c1ccc(C#CC2(F)COC2)cn1. The van der Waals surface area contributed by atoms with Gasteiger partial charge < -0.3 is 9.47 Å². The molecule has 0 unspecified atom stereocenters. The molecule has 1 fully saturated rings. The summed E-state index contributed by atoms with van der Waals surface area (Å²) in [7, 11) is 1.28. The van der Waals surface area contributed by atoms with Gasteiger partial charge in [-0.2, -0.15) is 0 Å². The van der Waals surface area contributed by atoms with Gasteiger partial charge in [0.15, 0.2) is 0 Å². The van der Waals surface area contributed by atoms with Gasteiger partial charge in [-0.05, 0) is 12.1 Å². The maximum atomic E-state index is 13.5. The second-order valence-electron chi connectivity index (χ2n) is 3.63. The second-order valence-corrected chi connectivity index (χ2v) is 3.63. The zero-order valence-electron chi connectivity index (χ0n) is 9.20. The number of alkyl halides is 1. The van der Waals surface area contributed by atoms with Crippen molar-refractivity contribution in [1.29, 1.82) is 0 Å². The van der Waals surface area contributed by atoms with E-state index in [1.165, 1.54) is 19.4 Å². The molecule has 0 bridgehead atoms. The van der Waals surface area contributed by atoms with Crippen molar-refractivity contribution < 1.29 is 18.7 Å². The van der Waals surface area contributed by atoms with Crippen molar-refractivity contribution in [3.63, 3.8) is 0 Å². The molecule has 0 saturated carbocycles. The molecular weight excluding hydrogens is 225 g/mol. The van der Waals surface area contributed by atoms with Crippen LogP contribution in [0.1, 0.15) is 16.1 Å². The van der Waals surface area contributed by atoms with Gasteiger partial charge >= 0.3 is 5.97 Å². The maximum Gasteiger partial charge on any atom is 0.356 e. The topological polar surface area (TPSA) is 48.4 Å². The first-order chi connectivity index (χ1) is 8.13. The average Bonchev–Trinajstić information content (AvgIpc) is 2.33. The predicted molar refractivity (Wildman–Crippen MR) is 57.1 cm³/mol. The first kappa shape index (κ1) is 11.6. The van der Waals surface area contributed by atoms with E-state index in [1.54, 1.807) is 6.07 Å². The van der Waals surface area contributed by atoms with Crippen LogP contribution >= 0.6 is 0 Å². The summed E-state index contributed by atoms with van der Waals surface area (Å²) in [5, 5.41) is 0. The number of ether oxygens (including phenoxy) is 2. The quantitative estimate of drug-likeness (QED) is 0.537. The summed E-state index contributed by atoms with van der Waals surface area (Å²) in [6.45, 7) is 0.0152. The Morgan fingerprint density at radius 1 is 1.59 bits per heavy atom. The lowest BCUT2D eigenvalue weighted by Crippen LogP contribution is -2.44. The first-order valence-corrected chi connectivity index (χ1v) is 4.97. The molecule has 0 spiro atoms. The molecule has 4 nitrogen and oxygen atoms in total. The molecule has 1 aromatic rings. The largest absolute Gasteiger partial charge is 0.464 e. The maximum absolute atomic E-state index is 13.5. The molecule has 0 aromatic carbocycles. The van der Waals surface area contributed by atoms with Crippen LogP contribution in [0.15, 0.2) is 18.3 Å². The summed E-state index contributed by atoms with van der Waals surface area (Å²) in [6, 6.07) is 3.08. The second kappa shape index (κ2) is 4.52. The molecule has 0 radical (unpaired) electrons. The lowest BCUT2D eigenvalue weighted by Gasteiger charge is -2.28. The van der Waals surface area contributed by atoms with E-state index in [2.05, 4.69) is 21.6 Å². The summed E-state index contributed by atoms with van der Waals surface area (Å²) in [5.41, 5.74) is -0.803. The van der Waals surface area contributed by atoms with Gasteiger partial charge in [-0.15, -0.1) is 0 Å². The Balaban J connectivity index is 2.10. The third kappa shape index (κ3) is 2.60. The fraction of sp³-hybridized carbons (Fsp3) is 0.333. The lowest BCUT2D eigenvalue weighted by atomic mass is 10.1. The van der Waals surface area contributed by atoms with Gasteiger partial charge in [0.2, 0.25) is 5.67 Å². The van der Waals surface area contributed by atoms with Crippen molar-refractivity contribution in [2.45, 2.75) is 5.67 Å². The Bertz CT molecular complexity index is 483. The van der Waals surface area contributed by atoms with E-state index in [0.29, 0.717) is 5.56 Å². The predicted octanol–water partition coefficient (Wildman–Crippen LogP) is 0.958. The molecule has 1 saturated heterocycles. The minimum Gasteiger partial charge on any atom is -0.464 e.